The van der Waals surface area contributed by atoms with Crippen molar-refractivity contribution in [2.75, 3.05) is 13.1 Å². The fourth-order valence-corrected chi connectivity index (χ4v) is 4.08. The van der Waals surface area contributed by atoms with E-state index in [2.05, 4.69) is 35.0 Å². The number of benzene rings is 1. The molecule has 6 nitrogen and oxygen atoms in total. The van der Waals surface area contributed by atoms with Crippen LogP contribution in [0.3, 0.4) is 0 Å². The first kappa shape index (κ1) is 18.5. The third kappa shape index (κ3) is 3.07. The Morgan fingerprint density at radius 3 is 2.87 bits per heavy atom. The van der Waals surface area contributed by atoms with E-state index in [1.807, 2.05) is 21.8 Å². The Morgan fingerprint density at radius 1 is 1.23 bits per heavy atom. The van der Waals surface area contributed by atoms with E-state index in [1.54, 1.807) is 18.5 Å². The minimum atomic E-state index is -0.255. The molecule has 0 radical (unpaired) electrons. The minimum absolute atomic E-state index is 0.0296. The van der Waals surface area contributed by atoms with Crippen molar-refractivity contribution in [3.63, 3.8) is 0 Å². The average molecular weight is 403 g/mol. The van der Waals surface area contributed by atoms with E-state index < -0.39 is 0 Å². The second-order valence-electron chi connectivity index (χ2n) is 7.94. The standard InChI is InChI=1S/C23H22FN5O/c1-14(2)29-22-16(12-27-29)9-17(11-26-22)23(30)28-7-5-15(6-8-28)20-13-25-21-10-18(24)3-4-19(20)21/h3-5,9-14,25H,6-8H2,1-2H3. The van der Waals surface area contributed by atoms with E-state index in [0.717, 1.165) is 33.9 Å². The van der Waals surface area contributed by atoms with Gasteiger partial charge in [0.15, 0.2) is 5.65 Å². The van der Waals surface area contributed by atoms with Crippen LogP contribution in [0.5, 0.6) is 0 Å². The highest BCUT2D eigenvalue weighted by molar-refractivity contribution is 5.98. The number of halogens is 1. The van der Waals surface area contributed by atoms with Crippen molar-refractivity contribution in [3.8, 4) is 0 Å². The van der Waals surface area contributed by atoms with Crippen LogP contribution in [0.25, 0.3) is 27.5 Å². The Hall–Kier alpha value is -3.48. The van der Waals surface area contributed by atoms with Crippen molar-refractivity contribution >= 4 is 33.4 Å². The lowest BCUT2D eigenvalue weighted by molar-refractivity contribution is 0.0772. The molecule has 4 aromatic rings. The summed E-state index contributed by atoms with van der Waals surface area (Å²) in [6.07, 6.45) is 8.14. The number of hydrogen-bond donors (Lipinski definition) is 1. The lowest BCUT2D eigenvalue weighted by Gasteiger charge is -2.26. The largest absolute Gasteiger partial charge is 0.360 e. The van der Waals surface area contributed by atoms with Gasteiger partial charge < -0.3 is 9.88 Å². The molecule has 0 saturated heterocycles. The van der Waals surface area contributed by atoms with Gasteiger partial charge in [-0.15, -0.1) is 0 Å². The normalized spacial score (nSPS) is 14.7. The second kappa shape index (κ2) is 7.09. The third-order valence-electron chi connectivity index (χ3n) is 5.66. The molecule has 30 heavy (non-hydrogen) atoms. The van der Waals surface area contributed by atoms with Gasteiger partial charge in [-0.2, -0.15) is 5.10 Å². The first-order valence-corrected chi connectivity index (χ1v) is 10.1. The molecule has 0 aliphatic carbocycles. The molecule has 1 aliphatic heterocycles. The average Bonchev–Trinajstić information content (AvgIpc) is 3.36. The summed E-state index contributed by atoms with van der Waals surface area (Å²) in [4.78, 5) is 22.4. The molecule has 5 rings (SSSR count). The fraction of sp³-hybridized carbons (Fsp3) is 0.261. The zero-order chi connectivity index (χ0) is 20.8. The van der Waals surface area contributed by atoms with E-state index in [0.29, 0.717) is 18.7 Å². The summed E-state index contributed by atoms with van der Waals surface area (Å²) in [5.74, 6) is -0.284. The number of aromatic amines is 1. The minimum Gasteiger partial charge on any atom is -0.360 e. The zero-order valence-electron chi connectivity index (χ0n) is 16.9. The van der Waals surface area contributed by atoms with Gasteiger partial charge in [0.2, 0.25) is 0 Å². The number of carbonyl (C=O) groups is 1. The summed E-state index contributed by atoms with van der Waals surface area (Å²) in [6.45, 7) is 5.26. The monoisotopic (exact) mass is 403 g/mol. The van der Waals surface area contributed by atoms with Gasteiger partial charge in [0.05, 0.1) is 11.8 Å². The number of rotatable bonds is 3. The molecule has 7 heteroatoms. The first-order valence-electron chi connectivity index (χ1n) is 10.1. The predicted octanol–water partition coefficient (Wildman–Crippen LogP) is 4.56. The van der Waals surface area contributed by atoms with Crippen LogP contribution in [0.2, 0.25) is 0 Å². The zero-order valence-corrected chi connectivity index (χ0v) is 16.9. The van der Waals surface area contributed by atoms with Gasteiger partial charge in [0, 0.05) is 53.4 Å². The highest BCUT2D eigenvalue weighted by atomic mass is 19.1. The van der Waals surface area contributed by atoms with Gasteiger partial charge >= 0.3 is 0 Å². The maximum Gasteiger partial charge on any atom is 0.255 e. The van der Waals surface area contributed by atoms with Gasteiger partial charge in [-0.05, 0) is 50.1 Å². The van der Waals surface area contributed by atoms with Gasteiger partial charge in [-0.1, -0.05) is 6.08 Å². The Kier molecular flexibility index (Phi) is 4.38. The summed E-state index contributed by atoms with van der Waals surface area (Å²) in [7, 11) is 0. The molecule has 1 N–H and O–H groups in total. The van der Waals surface area contributed by atoms with Crippen LogP contribution in [0, 0.1) is 5.82 Å². The van der Waals surface area contributed by atoms with E-state index in [4.69, 9.17) is 0 Å². The Labute approximate surface area is 173 Å². The maximum atomic E-state index is 13.4. The molecule has 1 amide bonds. The van der Waals surface area contributed by atoms with Crippen LogP contribution in [0.4, 0.5) is 4.39 Å². The van der Waals surface area contributed by atoms with Gasteiger partial charge in [0.1, 0.15) is 5.82 Å². The highest BCUT2D eigenvalue weighted by Gasteiger charge is 2.22. The van der Waals surface area contributed by atoms with Crippen molar-refractivity contribution < 1.29 is 9.18 Å². The topological polar surface area (TPSA) is 66.8 Å². The molecule has 0 unspecified atom stereocenters. The van der Waals surface area contributed by atoms with Crippen molar-refractivity contribution in [1.82, 2.24) is 24.6 Å². The van der Waals surface area contributed by atoms with Crippen LogP contribution in [-0.4, -0.2) is 43.6 Å². The number of hydrogen-bond acceptors (Lipinski definition) is 3. The summed E-state index contributed by atoms with van der Waals surface area (Å²) < 4.78 is 15.3. The molecule has 1 aromatic carbocycles. The lowest BCUT2D eigenvalue weighted by Crippen LogP contribution is -2.34. The molecular formula is C23H22FN5O. The fourth-order valence-electron chi connectivity index (χ4n) is 4.08. The van der Waals surface area contributed by atoms with Crippen LogP contribution in [0.15, 0.2) is 48.9 Å². The summed E-state index contributed by atoms with van der Waals surface area (Å²) in [5.41, 5.74) is 4.39. The van der Waals surface area contributed by atoms with Crippen molar-refractivity contribution in [3.05, 3.63) is 65.9 Å². The quantitative estimate of drug-likeness (QED) is 0.545. The van der Waals surface area contributed by atoms with E-state index >= 15 is 0 Å². The Bertz CT molecular complexity index is 1300. The van der Waals surface area contributed by atoms with Gasteiger partial charge in [-0.3, -0.25) is 4.79 Å². The number of nitrogens with zero attached hydrogens (tertiary/aromatic N) is 4. The van der Waals surface area contributed by atoms with Crippen LogP contribution in [0.1, 0.15) is 42.2 Å². The summed E-state index contributed by atoms with van der Waals surface area (Å²) in [5, 5.41) is 6.24. The number of fused-ring (bicyclic) bond motifs is 2. The molecule has 3 aromatic heterocycles. The SMILES string of the molecule is CC(C)n1ncc2cc(C(=O)N3CC=C(c4c[nH]c5cc(F)ccc45)CC3)cnc21. The van der Waals surface area contributed by atoms with Crippen LogP contribution in [-0.2, 0) is 0 Å². The molecule has 0 saturated carbocycles. The Morgan fingerprint density at radius 2 is 2.10 bits per heavy atom. The second-order valence-corrected chi connectivity index (χ2v) is 7.94. The van der Waals surface area contributed by atoms with Crippen LogP contribution < -0.4 is 0 Å². The molecule has 152 valence electrons. The van der Waals surface area contributed by atoms with Gasteiger partial charge in [0.25, 0.3) is 5.91 Å². The third-order valence-corrected chi connectivity index (χ3v) is 5.66. The molecule has 0 atom stereocenters. The van der Waals surface area contributed by atoms with E-state index in [1.165, 1.54) is 17.7 Å². The number of carbonyl (C=O) groups excluding carboxylic acids is 1. The highest BCUT2D eigenvalue weighted by Crippen LogP contribution is 2.30. The van der Waals surface area contributed by atoms with Gasteiger partial charge in [-0.25, -0.2) is 14.1 Å². The number of nitrogens with one attached hydrogen (secondary N) is 1. The van der Waals surface area contributed by atoms with E-state index in [9.17, 15) is 9.18 Å². The maximum absolute atomic E-state index is 13.4. The smallest absolute Gasteiger partial charge is 0.255 e. The molecule has 0 bridgehead atoms. The van der Waals surface area contributed by atoms with Crippen LogP contribution >= 0.6 is 0 Å². The number of aromatic nitrogens is 4. The van der Waals surface area contributed by atoms with E-state index in [-0.39, 0.29) is 17.8 Å². The molecule has 0 spiro atoms. The van der Waals surface area contributed by atoms with Crippen molar-refractivity contribution in [2.45, 2.75) is 26.3 Å². The first-order chi connectivity index (χ1) is 14.5. The summed E-state index contributed by atoms with van der Waals surface area (Å²) >= 11 is 0. The Balaban J connectivity index is 1.37. The molecule has 0 fully saturated rings. The molecular weight excluding hydrogens is 381 g/mol. The predicted molar refractivity (Wildman–Crippen MR) is 115 cm³/mol. The van der Waals surface area contributed by atoms with Crippen molar-refractivity contribution in [2.24, 2.45) is 0 Å². The molecule has 4 heterocycles. The lowest BCUT2D eigenvalue weighted by atomic mass is 9.98. The number of H-pyrrole nitrogens is 1. The van der Waals surface area contributed by atoms with Crippen molar-refractivity contribution in [1.29, 1.82) is 0 Å². The number of pyridine rings is 1. The molecule has 1 aliphatic rings. The summed E-state index contributed by atoms with van der Waals surface area (Å²) in [6, 6.07) is 6.85. The number of amides is 1.